The van der Waals surface area contributed by atoms with E-state index in [-0.39, 0.29) is 0 Å². The van der Waals surface area contributed by atoms with Crippen LogP contribution in [-0.4, -0.2) is 9.38 Å². The lowest BCUT2D eigenvalue weighted by molar-refractivity contribution is 0.909. The minimum atomic E-state index is 0.735. The zero-order chi connectivity index (χ0) is 17.5. The van der Waals surface area contributed by atoms with Crippen LogP contribution in [0, 0.1) is 11.3 Å². The summed E-state index contributed by atoms with van der Waals surface area (Å²) in [6, 6.07) is 20.9. The normalized spacial score (nSPS) is 13.0. The van der Waals surface area contributed by atoms with Gasteiger partial charge in [0.15, 0.2) is 5.65 Å². The molecule has 0 saturated carbocycles. The van der Waals surface area contributed by atoms with Crippen molar-refractivity contribution in [1.29, 1.82) is 5.26 Å². The first-order valence-corrected chi connectivity index (χ1v) is 8.99. The van der Waals surface area contributed by atoms with Crippen LogP contribution in [0.2, 0.25) is 0 Å². The number of hydrogen-bond acceptors (Lipinski definition) is 3. The Morgan fingerprint density at radius 1 is 1.00 bits per heavy atom. The highest BCUT2D eigenvalue weighted by Gasteiger charge is 2.25. The summed E-state index contributed by atoms with van der Waals surface area (Å²) < 4.78 is 2.14. The molecule has 4 nitrogen and oxygen atoms in total. The van der Waals surface area contributed by atoms with Crippen LogP contribution >= 0.6 is 0 Å². The molecule has 0 bridgehead atoms. The average molecular weight is 338 g/mol. The van der Waals surface area contributed by atoms with Crippen molar-refractivity contribution in [3.63, 3.8) is 0 Å². The van der Waals surface area contributed by atoms with E-state index >= 15 is 0 Å². The summed E-state index contributed by atoms with van der Waals surface area (Å²) in [4.78, 5) is 4.78. The second kappa shape index (κ2) is 5.89. The Morgan fingerprint density at radius 2 is 1.77 bits per heavy atom. The second-order valence-corrected chi connectivity index (χ2v) is 6.74. The van der Waals surface area contributed by atoms with E-state index in [4.69, 9.17) is 4.98 Å². The molecule has 1 aliphatic carbocycles. The predicted octanol–water partition coefficient (Wildman–Crippen LogP) is 4.46. The number of anilines is 1. The minimum absolute atomic E-state index is 0.735. The standard InChI is InChI=1S/C22H18N4/c23-13-18-16-9-6-10-17(16)21(24-14-15-7-2-1-3-8-15)26-20-12-5-4-11-19(20)25-22(18)26/h1-5,7-8,11-12,24H,6,9-10,14H2. The predicted molar refractivity (Wildman–Crippen MR) is 103 cm³/mol. The number of imidazole rings is 1. The molecule has 4 heteroatoms. The fourth-order valence-corrected chi connectivity index (χ4v) is 4.06. The van der Waals surface area contributed by atoms with Gasteiger partial charge in [-0.05, 0) is 48.1 Å². The molecule has 126 valence electrons. The Hall–Kier alpha value is -3.32. The number of nitrogens with one attached hydrogen (secondary N) is 1. The topological polar surface area (TPSA) is 53.1 Å². The van der Waals surface area contributed by atoms with Crippen molar-refractivity contribution in [2.24, 2.45) is 0 Å². The van der Waals surface area contributed by atoms with Crippen molar-refractivity contribution in [2.45, 2.75) is 25.8 Å². The van der Waals surface area contributed by atoms with Gasteiger partial charge in [0, 0.05) is 6.54 Å². The molecule has 0 amide bonds. The first-order chi connectivity index (χ1) is 12.9. The molecule has 5 rings (SSSR count). The molecule has 2 aromatic heterocycles. The van der Waals surface area contributed by atoms with Gasteiger partial charge in [0.1, 0.15) is 11.9 Å². The Bertz CT molecular complexity index is 1170. The number of fused-ring (bicyclic) bond motifs is 4. The summed E-state index contributed by atoms with van der Waals surface area (Å²) in [5, 5.41) is 13.4. The molecule has 0 fully saturated rings. The van der Waals surface area contributed by atoms with Crippen LogP contribution in [0.3, 0.4) is 0 Å². The van der Waals surface area contributed by atoms with E-state index in [0.29, 0.717) is 0 Å². The van der Waals surface area contributed by atoms with Crippen molar-refractivity contribution < 1.29 is 0 Å². The molecule has 1 N–H and O–H groups in total. The largest absolute Gasteiger partial charge is 0.367 e. The third kappa shape index (κ3) is 2.18. The highest BCUT2D eigenvalue weighted by molar-refractivity contribution is 5.86. The SMILES string of the molecule is N#Cc1c2c(c(NCc3ccccc3)n3c1nc1ccccc13)CCC2. The summed E-state index contributed by atoms with van der Waals surface area (Å²) >= 11 is 0. The molecular weight excluding hydrogens is 320 g/mol. The van der Waals surface area contributed by atoms with Crippen LogP contribution in [-0.2, 0) is 19.4 Å². The summed E-state index contributed by atoms with van der Waals surface area (Å²) in [6.45, 7) is 0.751. The summed E-state index contributed by atoms with van der Waals surface area (Å²) in [7, 11) is 0. The lowest BCUT2D eigenvalue weighted by atomic mass is 10.1. The van der Waals surface area contributed by atoms with E-state index < -0.39 is 0 Å². The van der Waals surface area contributed by atoms with Gasteiger partial charge in [0.05, 0.1) is 16.6 Å². The van der Waals surface area contributed by atoms with E-state index in [2.05, 4.69) is 46.1 Å². The van der Waals surface area contributed by atoms with Crippen LogP contribution in [0.15, 0.2) is 54.6 Å². The molecule has 0 unspecified atom stereocenters. The van der Waals surface area contributed by atoms with Crippen molar-refractivity contribution in [3.05, 3.63) is 76.9 Å². The number of pyridine rings is 1. The van der Waals surface area contributed by atoms with Crippen LogP contribution in [0.25, 0.3) is 16.7 Å². The molecule has 0 saturated heterocycles. The van der Waals surface area contributed by atoms with E-state index in [9.17, 15) is 5.26 Å². The van der Waals surface area contributed by atoms with Crippen molar-refractivity contribution >= 4 is 22.5 Å². The number of nitriles is 1. The van der Waals surface area contributed by atoms with E-state index in [1.54, 1.807) is 0 Å². The maximum absolute atomic E-state index is 9.80. The smallest absolute Gasteiger partial charge is 0.157 e. The fourth-order valence-electron chi connectivity index (χ4n) is 4.06. The zero-order valence-electron chi connectivity index (χ0n) is 14.4. The van der Waals surface area contributed by atoms with Crippen LogP contribution in [0.4, 0.5) is 5.82 Å². The Morgan fingerprint density at radius 3 is 2.62 bits per heavy atom. The van der Waals surface area contributed by atoms with Gasteiger partial charge in [0.25, 0.3) is 0 Å². The zero-order valence-corrected chi connectivity index (χ0v) is 14.4. The number of hydrogen-bond donors (Lipinski definition) is 1. The number of benzene rings is 2. The van der Waals surface area contributed by atoms with Gasteiger partial charge in [-0.15, -0.1) is 0 Å². The first kappa shape index (κ1) is 15.0. The lowest BCUT2D eigenvalue weighted by Crippen LogP contribution is -2.09. The van der Waals surface area contributed by atoms with Gasteiger partial charge in [-0.1, -0.05) is 42.5 Å². The third-order valence-electron chi connectivity index (χ3n) is 5.23. The second-order valence-electron chi connectivity index (χ2n) is 6.74. The summed E-state index contributed by atoms with van der Waals surface area (Å²) in [6.07, 6.45) is 3.05. The first-order valence-electron chi connectivity index (χ1n) is 8.99. The molecule has 0 spiro atoms. The molecule has 26 heavy (non-hydrogen) atoms. The van der Waals surface area contributed by atoms with Crippen molar-refractivity contribution in [2.75, 3.05) is 5.32 Å². The quantitative estimate of drug-likeness (QED) is 0.600. The van der Waals surface area contributed by atoms with Gasteiger partial charge >= 0.3 is 0 Å². The molecule has 0 aliphatic heterocycles. The van der Waals surface area contributed by atoms with Gasteiger partial charge in [-0.3, -0.25) is 4.40 Å². The summed E-state index contributed by atoms with van der Waals surface area (Å²) in [5.41, 5.74) is 7.16. The minimum Gasteiger partial charge on any atom is -0.367 e. The Balaban J connectivity index is 1.77. The number of rotatable bonds is 3. The molecular formula is C22H18N4. The van der Waals surface area contributed by atoms with Gasteiger partial charge in [-0.25, -0.2) is 4.98 Å². The van der Waals surface area contributed by atoms with Crippen molar-refractivity contribution in [1.82, 2.24) is 9.38 Å². The third-order valence-corrected chi connectivity index (χ3v) is 5.23. The van der Waals surface area contributed by atoms with E-state index in [0.717, 1.165) is 53.9 Å². The van der Waals surface area contributed by atoms with Crippen LogP contribution < -0.4 is 5.32 Å². The van der Waals surface area contributed by atoms with Gasteiger partial charge < -0.3 is 5.32 Å². The number of nitrogens with zero attached hydrogens (tertiary/aromatic N) is 3. The molecule has 2 aromatic carbocycles. The van der Waals surface area contributed by atoms with E-state index in [1.807, 2.05) is 24.3 Å². The summed E-state index contributed by atoms with van der Waals surface area (Å²) in [5.74, 6) is 1.09. The average Bonchev–Trinajstić information content (AvgIpc) is 3.31. The molecule has 1 aliphatic rings. The lowest BCUT2D eigenvalue weighted by Gasteiger charge is -2.16. The molecule has 4 aromatic rings. The molecule has 2 heterocycles. The Kier molecular flexibility index (Phi) is 3.39. The fraction of sp³-hybridized carbons (Fsp3) is 0.182. The molecule has 0 atom stereocenters. The maximum atomic E-state index is 9.80. The van der Waals surface area contributed by atoms with Gasteiger partial charge in [-0.2, -0.15) is 5.26 Å². The maximum Gasteiger partial charge on any atom is 0.157 e. The Labute approximate surface area is 151 Å². The molecule has 0 radical (unpaired) electrons. The monoisotopic (exact) mass is 338 g/mol. The van der Waals surface area contributed by atoms with Crippen molar-refractivity contribution in [3.8, 4) is 6.07 Å². The van der Waals surface area contributed by atoms with Gasteiger partial charge in [0.2, 0.25) is 0 Å². The number of para-hydroxylation sites is 2. The highest BCUT2D eigenvalue weighted by Crippen LogP contribution is 2.36. The van der Waals surface area contributed by atoms with Crippen LogP contribution in [0.1, 0.15) is 28.7 Å². The van der Waals surface area contributed by atoms with E-state index in [1.165, 1.54) is 16.7 Å². The highest BCUT2D eigenvalue weighted by atomic mass is 15.1. The van der Waals surface area contributed by atoms with Crippen LogP contribution in [0.5, 0.6) is 0 Å². The number of aromatic nitrogens is 2.